The number of amides is 2. The summed E-state index contributed by atoms with van der Waals surface area (Å²) in [7, 11) is 1.59. The average Bonchev–Trinajstić information content (AvgIpc) is 2.68. The van der Waals surface area contributed by atoms with E-state index in [1.807, 2.05) is 36.1 Å². The molecule has 1 N–H and O–H groups in total. The van der Waals surface area contributed by atoms with Gasteiger partial charge in [-0.05, 0) is 44.1 Å². The number of thioether (sulfide) groups is 1. The number of para-hydroxylation sites is 2. The van der Waals surface area contributed by atoms with Gasteiger partial charge in [0.2, 0.25) is 11.8 Å². The smallest absolute Gasteiger partial charge is 0.235 e. The summed E-state index contributed by atoms with van der Waals surface area (Å²) in [6.07, 6.45) is 3.71. The molecule has 1 aromatic carbocycles. The molecule has 0 spiro atoms. The highest BCUT2D eigenvalue weighted by atomic mass is 32.2. The van der Waals surface area contributed by atoms with Crippen LogP contribution >= 0.6 is 11.8 Å². The Bertz CT molecular complexity index is 600. The first-order valence-corrected chi connectivity index (χ1v) is 10.5. The Labute approximate surface area is 160 Å². The number of nitrogens with zero attached hydrogens (tertiary/aromatic N) is 1. The van der Waals surface area contributed by atoms with Crippen molar-refractivity contribution in [1.82, 2.24) is 4.90 Å². The van der Waals surface area contributed by atoms with Crippen molar-refractivity contribution in [3.05, 3.63) is 24.3 Å². The first-order valence-electron chi connectivity index (χ1n) is 9.41. The van der Waals surface area contributed by atoms with Crippen molar-refractivity contribution >= 4 is 29.3 Å². The maximum Gasteiger partial charge on any atom is 0.235 e. The summed E-state index contributed by atoms with van der Waals surface area (Å²) in [5.74, 6) is 1.83. The number of rotatable bonds is 8. The van der Waals surface area contributed by atoms with Gasteiger partial charge in [0.05, 0.1) is 18.0 Å². The minimum atomic E-state index is -0.0630. The van der Waals surface area contributed by atoms with Crippen molar-refractivity contribution in [2.75, 3.05) is 31.3 Å². The van der Waals surface area contributed by atoms with Gasteiger partial charge in [-0.1, -0.05) is 25.5 Å². The number of methoxy groups -OCH3 is 1. The Kier molecular flexibility index (Phi) is 8.29. The second-order valence-electron chi connectivity index (χ2n) is 6.66. The summed E-state index contributed by atoms with van der Waals surface area (Å²) in [5.41, 5.74) is 0.694. The van der Waals surface area contributed by atoms with Gasteiger partial charge in [0.1, 0.15) is 5.75 Å². The number of carbonyl (C=O) groups excluding carboxylic acids is 2. The molecule has 0 saturated carbocycles. The van der Waals surface area contributed by atoms with Crippen LogP contribution in [0.2, 0.25) is 0 Å². The summed E-state index contributed by atoms with van der Waals surface area (Å²) < 4.78 is 5.28. The lowest BCUT2D eigenvalue weighted by Crippen LogP contribution is -2.44. The SMILES string of the molecule is CCCCSC(C)C(=O)N1CCC(C(=O)Nc2ccccc2OC)CC1. The zero-order valence-corrected chi connectivity index (χ0v) is 16.8. The number of unbranched alkanes of at least 4 members (excludes halogenated alkanes) is 1. The summed E-state index contributed by atoms with van der Waals surface area (Å²) >= 11 is 1.73. The number of piperidine rings is 1. The van der Waals surface area contributed by atoms with Gasteiger partial charge < -0.3 is 15.0 Å². The maximum absolute atomic E-state index is 12.5. The third-order valence-electron chi connectivity index (χ3n) is 4.76. The molecule has 1 fully saturated rings. The van der Waals surface area contributed by atoms with E-state index in [1.54, 1.807) is 18.9 Å². The van der Waals surface area contributed by atoms with Crippen molar-refractivity contribution < 1.29 is 14.3 Å². The van der Waals surface area contributed by atoms with Crippen molar-refractivity contribution in [2.45, 2.75) is 44.8 Å². The molecule has 5 nitrogen and oxygen atoms in total. The topological polar surface area (TPSA) is 58.6 Å². The van der Waals surface area contributed by atoms with E-state index in [4.69, 9.17) is 4.74 Å². The van der Waals surface area contributed by atoms with Gasteiger partial charge in [-0.3, -0.25) is 9.59 Å². The number of nitrogens with one attached hydrogen (secondary N) is 1. The molecule has 0 aliphatic carbocycles. The van der Waals surface area contributed by atoms with Gasteiger partial charge >= 0.3 is 0 Å². The maximum atomic E-state index is 12.5. The van der Waals surface area contributed by atoms with Crippen LogP contribution in [-0.2, 0) is 9.59 Å². The average molecular weight is 379 g/mol. The molecule has 1 unspecified atom stereocenters. The number of carbonyl (C=O) groups is 2. The Balaban J connectivity index is 1.82. The lowest BCUT2D eigenvalue weighted by molar-refractivity contribution is -0.133. The van der Waals surface area contributed by atoms with Crippen molar-refractivity contribution in [2.24, 2.45) is 5.92 Å². The molecule has 1 aliphatic heterocycles. The molecule has 0 radical (unpaired) electrons. The quantitative estimate of drug-likeness (QED) is 0.699. The van der Waals surface area contributed by atoms with Gasteiger partial charge in [0, 0.05) is 19.0 Å². The molecule has 0 aromatic heterocycles. The summed E-state index contributed by atoms with van der Waals surface area (Å²) in [4.78, 5) is 27.0. The fourth-order valence-corrected chi connectivity index (χ4v) is 4.18. The van der Waals surface area contributed by atoms with Crippen molar-refractivity contribution in [3.8, 4) is 5.75 Å². The summed E-state index contributed by atoms with van der Waals surface area (Å²) in [5, 5.41) is 2.96. The van der Waals surface area contributed by atoms with Crippen LogP contribution in [0.15, 0.2) is 24.3 Å². The van der Waals surface area contributed by atoms with E-state index in [-0.39, 0.29) is 23.0 Å². The molecule has 1 heterocycles. The van der Waals surface area contributed by atoms with Gasteiger partial charge in [-0.25, -0.2) is 0 Å². The van der Waals surface area contributed by atoms with Crippen LogP contribution in [0, 0.1) is 5.92 Å². The first-order chi connectivity index (χ1) is 12.6. The first kappa shape index (κ1) is 20.6. The second-order valence-corrected chi connectivity index (χ2v) is 8.10. The number of anilines is 1. The molecule has 1 aliphatic rings. The molecule has 1 aromatic rings. The van der Waals surface area contributed by atoms with Gasteiger partial charge in [-0.15, -0.1) is 11.8 Å². The van der Waals surface area contributed by atoms with E-state index in [1.165, 1.54) is 0 Å². The number of hydrogen-bond donors (Lipinski definition) is 1. The van der Waals surface area contributed by atoms with E-state index in [2.05, 4.69) is 12.2 Å². The molecule has 2 rings (SSSR count). The minimum absolute atomic E-state index is 0.000469. The summed E-state index contributed by atoms with van der Waals surface area (Å²) in [6.45, 7) is 5.46. The van der Waals surface area contributed by atoms with Gasteiger partial charge in [0.25, 0.3) is 0 Å². The highest BCUT2D eigenvalue weighted by molar-refractivity contribution is 8.00. The fraction of sp³-hybridized carbons (Fsp3) is 0.600. The number of benzene rings is 1. The van der Waals surface area contributed by atoms with Crippen molar-refractivity contribution in [1.29, 1.82) is 0 Å². The van der Waals surface area contributed by atoms with Crippen LogP contribution in [0.5, 0.6) is 5.75 Å². The number of hydrogen-bond acceptors (Lipinski definition) is 4. The second kappa shape index (κ2) is 10.5. The van der Waals surface area contributed by atoms with E-state index in [9.17, 15) is 9.59 Å². The lowest BCUT2D eigenvalue weighted by atomic mass is 9.95. The zero-order valence-electron chi connectivity index (χ0n) is 16.0. The lowest BCUT2D eigenvalue weighted by Gasteiger charge is -2.33. The summed E-state index contributed by atoms with van der Waals surface area (Å²) in [6, 6.07) is 7.41. The fourth-order valence-electron chi connectivity index (χ4n) is 3.08. The molecule has 1 saturated heterocycles. The number of likely N-dealkylation sites (tertiary alicyclic amines) is 1. The highest BCUT2D eigenvalue weighted by Crippen LogP contribution is 2.26. The van der Waals surface area contributed by atoms with Gasteiger partial charge in [0.15, 0.2) is 0 Å². The van der Waals surface area contributed by atoms with E-state index >= 15 is 0 Å². The predicted molar refractivity (Wildman–Crippen MR) is 108 cm³/mol. The molecule has 26 heavy (non-hydrogen) atoms. The standard InChI is InChI=1S/C20H30N2O3S/c1-4-5-14-26-15(2)20(24)22-12-10-16(11-13-22)19(23)21-17-8-6-7-9-18(17)25-3/h6-9,15-16H,4-5,10-14H2,1-3H3,(H,21,23). The molecular formula is C20H30N2O3S. The molecule has 1 atom stereocenters. The highest BCUT2D eigenvalue weighted by Gasteiger charge is 2.29. The Morgan fingerprint density at radius 1 is 1.31 bits per heavy atom. The van der Waals surface area contributed by atoms with E-state index < -0.39 is 0 Å². The normalized spacial score (nSPS) is 16.2. The minimum Gasteiger partial charge on any atom is -0.495 e. The van der Waals surface area contributed by atoms with Crippen LogP contribution in [0.1, 0.15) is 39.5 Å². The zero-order chi connectivity index (χ0) is 18.9. The molecular weight excluding hydrogens is 348 g/mol. The Hall–Kier alpha value is -1.69. The monoisotopic (exact) mass is 378 g/mol. The molecule has 0 bridgehead atoms. The third-order valence-corrected chi connectivity index (χ3v) is 5.98. The predicted octanol–water partition coefficient (Wildman–Crippen LogP) is 3.79. The van der Waals surface area contributed by atoms with E-state index in [0.29, 0.717) is 37.4 Å². The molecule has 2 amide bonds. The largest absolute Gasteiger partial charge is 0.495 e. The van der Waals surface area contributed by atoms with Crippen molar-refractivity contribution in [3.63, 3.8) is 0 Å². The van der Waals surface area contributed by atoms with Crippen LogP contribution in [0.3, 0.4) is 0 Å². The Morgan fingerprint density at radius 2 is 2.00 bits per heavy atom. The number of ether oxygens (including phenoxy) is 1. The third kappa shape index (κ3) is 5.66. The Morgan fingerprint density at radius 3 is 2.65 bits per heavy atom. The molecule has 6 heteroatoms. The van der Waals surface area contributed by atoms with Crippen LogP contribution in [0.25, 0.3) is 0 Å². The molecule has 144 valence electrons. The van der Waals surface area contributed by atoms with E-state index in [0.717, 1.165) is 18.6 Å². The van der Waals surface area contributed by atoms with Crippen LogP contribution < -0.4 is 10.1 Å². The van der Waals surface area contributed by atoms with Crippen LogP contribution in [0.4, 0.5) is 5.69 Å². The van der Waals surface area contributed by atoms with Crippen LogP contribution in [-0.4, -0.2) is 47.9 Å². The van der Waals surface area contributed by atoms with Gasteiger partial charge in [-0.2, -0.15) is 0 Å².